The molecule has 0 N–H and O–H groups in total. The molecule has 190 valence electrons. The molecule has 1 aliphatic rings. The molecular weight excluding hydrogens is 476 g/mol. The molecule has 1 aliphatic heterocycles. The lowest BCUT2D eigenvalue weighted by Gasteiger charge is -2.28. The molecule has 0 atom stereocenters. The molecule has 0 bridgehead atoms. The summed E-state index contributed by atoms with van der Waals surface area (Å²) in [6.07, 6.45) is 1.08. The van der Waals surface area contributed by atoms with E-state index in [1.165, 1.54) is 4.90 Å². The second-order valence-electron chi connectivity index (χ2n) is 8.42. The minimum Gasteiger partial charge on any atom is -0.497 e. The number of carbonyl (C=O) groups excluding carboxylic acids is 1. The number of hydrogen-bond acceptors (Lipinski definition) is 8. The fourth-order valence-corrected chi connectivity index (χ4v) is 3.91. The Morgan fingerprint density at radius 2 is 1.78 bits per heavy atom. The Hall–Kier alpha value is -4.44. The molecule has 0 saturated heterocycles. The summed E-state index contributed by atoms with van der Waals surface area (Å²) in [6, 6.07) is 20.6. The summed E-state index contributed by atoms with van der Waals surface area (Å²) in [4.78, 5) is 31.3. The summed E-state index contributed by atoms with van der Waals surface area (Å²) in [5.41, 5.74) is 1.99. The third-order valence-corrected chi connectivity index (χ3v) is 5.83. The van der Waals surface area contributed by atoms with Crippen molar-refractivity contribution in [3.05, 3.63) is 94.3 Å². The first-order valence-electron chi connectivity index (χ1n) is 11.9. The maximum atomic E-state index is 12.7. The van der Waals surface area contributed by atoms with E-state index in [9.17, 15) is 9.59 Å². The molecule has 2 aromatic heterocycles. The van der Waals surface area contributed by atoms with Gasteiger partial charge in [0, 0.05) is 13.0 Å². The smallest absolute Gasteiger partial charge is 0.443 e. The van der Waals surface area contributed by atoms with E-state index in [0.717, 1.165) is 21.6 Å². The van der Waals surface area contributed by atoms with E-state index in [1.807, 2.05) is 54.6 Å². The van der Waals surface area contributed by atoms with E-state index in [4.69, 9.17) is 18.6 Å². The van der Waals surface area contributed by atoms with Gasteiger partial charge in [0.15, 0.2) is 24.0 Å². The Balaban J connectivity index is 1.27. The van der Waals surface area contributed by atoms with Crippen molar-refractivity contribution in [1.29, 1.82) is 0 Å². The van der Waals surface area contributed by atoms with Gasteiger partial charge >= 0.3 is 5.76 Å². The van der Waals surface area contributed by atoms with Crippen LogP contribution < -0.4 is 20.1 Å². The first kappa shape index (κ1) is 24.3. The molecule has 0 fully saturated rings. The lowest BCUT2D eigenvalue weighted by molar-refractivity contribution is -0.121. The van der Waals surface area contributed by atoms with Gasteiger partial charge < -0.3 is 18.6 Å². The van der Waals surface area contributed by atoms with Gasteiger partial charge in [-0.3, -0.25) is 9.69 Å². The van der Waals surface area contributed by atoms with Crippen LogP contribution in [0.2, 0.25) is 0 Å². The summed E-state index contributed by atoms with van der Waals surface area (Å²) < 4.78 is 22.8. The van der Waals surface area contributed by atoms with Gasteiger partial charge in [-0.05, 0) is 41.8 Å². The summed E-state index contributed by atoms with van der Waals surface area (Å²) >= 11 is 0. The number of pyridine rings is 1. The zero-order valence-electron chi connectivity index (χ0n) is 20.3. The number of benzene rings is 2. The number of aromatic nitrogens is 3. The summed E-state index contributed by atoms with van der Waals surface area (Å²) in [5.74, 6) is 1.11. The highest BCUT2D eigenvalue weighted by Gasteiger charge is 2.28. The van der Waals surface area contributed by atoms with Gasteiger partial charge in [-0.25, -0.2) is 9.78 Å². The Bertz CT molecular complexity index is 1420. The van der Waals surface area contributed by atoms with Crippen LogP contribution in [0.25, 0.3) is 5.82 Å². The van der Waals surface area contributed by atoms with E-state index in [1.54, 1.807) is 19.2 Å². The number of ether oxygens (including phenoxy) is 3. The van der Waals surface area contributed by atoms with Crippen molar-refractivity contribution in [2.75, 3.05) is 25.2 Å². The molecule has 37 heavy (non-hydrogen) atoms. The zero-order chi connectivity index (χ0) is 25.6. The predicted molar refractivity (Wildman–Crippen MR) is 134 cm³/mol. The van der Waals surface area contributed by atoms with Gasteiger partial charge in [0.1, 0.15) is 5.75 Å². The van der Waals surface area contributed by atoms with Gasteiger partial charge in [0.25, 0.3) is 5.91 Å². The van der Waals surface area contributed by atoms with E-state index in [0.29, 0.717) is 37.6 Å². The Morgan fingerprint density at radius 1 is 0.973 bits per heavy atom. The molecule has 0 aliphatic carbocycles. The lowest BCUT2D eigenvalue weighted by Crippen LogP contribution is -2.39. The maximum Gasteiger partial charge on any atom is 0.443 e. The normalized spacial score (nSPS) is 12.8. The van der Waals surface area contributed by atoms with Crippen molar-refractivity contribution in [3.8, 4) is 17.3 Å². The number of nitrogens with zero attached hydrogens (tertiary/aromatic N) is 4. The zero-order valence-corrected chi connectivity index (χ0v) is 20.3. The number of anilines is 1. The fraction of sp³-hybridized carbons (Fsp3) is 0.259. The van der Waals surface area contributed by atoms with E-state index in [2.05, 4.69) is 10.1 Å². The van der Waals surface area contributed by atoms with Crippen molar-refractivity contribution in [2.45, 2.75) is 26.0 Å². The molecule has 1 amide bonds. The van der Waals surface area contributed by atoms with Crippen LogP contribution in [0.3, 0.4) is 0 Å². The summed E-state index contributed by atoms with van der Waals surface area (Å²) in [7, 11) is 1.60. The molecule has 0 saturated carbocycles. The van der Waals surface area contributed by atoms with E-state index in [-0.39, 0.29) is 30.8 Å². The van der Waals surface area contributed by atoms with Crippen LogP contribution in [0.5, 0.6) is 11.5 Å². The topological polar surface area (TPSA) is 109 Å². The van der Waals surface area contributed by atoms with Crippen molar-refractivity contribution in [1.82, 2.24) is 14.8 Å². The highest BCUT2D eigenvalue weighted by atomic mass is 16.5. The van der Waals surface area contributed by atoms with Gasteiger partial charge in [0.2, 0.25) is 5.89 Å². The van der Waals surface area contributed by atoms with E-state index >= 15 is 0 Å². The number of aryl methyl sites for hydroxylation is 1. The molecule has 0 unspecified atom stereocenters. The van der Waals surface area contributed by atoms with Crippen molar-refractivity contribution in [3.63, 3.8) is 0 Å². The number of carbonyl (C=O) groups is 1. The van der Waals surface area contributed by atoms with Gasteiger partial charge in [-0.1, -0.05) is 42.5 Å². The minimum absolute atomic E-state index is 0.0927. The van der Waals surface area contributed by atoms with Crippen LogP contribution in [-0.4, -0.2) is 41.0 Å². The third kappa shape index (κ3) is 5.70. The fourth-order valence-electron chi connectivity index (χ4n) is 3.91. The lowest BCUT2D eigenvalue weighted by atomic mass is 10.2. The van der Waals surface area contributed by atoms with Gasteiger partial charge in [0.05, 0.1) is 20.3 Å². The van der Waals surface area contributed by atoms with Crippen LogP contribution in [0, 0.1) is 0 Å². The quantitative estimate of drug-likeness (QED) is 0.304. The van der Waals surface area contributed by atoms with Gasteiger partial charge in [-0.15, -0.1) is 9.78 Å². The summed E-state index contributed by atoms with van der Waals surface area (Å²) in [6.45, 7) is 1.22. The third-order valence-electron chi connectivity index (χ3n) is 5.83. The standard InChI is InChI=1S/C27H26N4O6/c1-34-21-11-9-19(10-12-21)16-30-25(32)18-36-22-13-14-23(28-26(22)30)31-27(33)37-24(29-31)8-5-15-35-17-20-6-3-2-4-7-20/h2-4,6-7,9-14H,5,8,15-18H2,1H3. The largest absolute Gasteiger partial charge is 0.497 e. The van der Waals surface area contributed by atoms with E-state index < -0.39 is 5.76 Å². The van der Waals surface area contributed by atoms with Crippen molar-refractivity contribution in [2.24, 2.45) is 0 Å². The molecule has 5 rings (SSSR count). The molecule has 0 radical (unpaired) electrons. The number of fused-ring (bicyclic) bond motifs is 1. The highest BCUT2D eigenvalue weighted by Crippen LogP contribution is 2.32. The van der Waals surface area contributed by atoms with Crippen molar-refractivity contribution < 1.29 is 23.4 Å². The maximum absolute atomic E-state index is 12.7. The molecule has 3 heterocycles. The number of amides is 1. The average molecular weight is 503 g/mol. The Kier molecular flexibility index (Phi) is 7.27. The van der Waals surface area contributed by atoms with Crippen LogP contribution in [0.4, 0.5) is 5.82 Å². The first-order valence-corrected chi connectivity index (χ1v) is 11.9. The van der Waals surface area contributed by atoms with Crippen molar-refractivity contribution >= 4 is 11.7 Å². The number of hydrogen-bond donors (Lipinski definition) is 0. The van der Waals surface area contributed by atoms with Crippen LogP contribution in [0.15, 0.2) is 75.9 Å². The molecule has 2 aromatic carbocycles. The number of methoxy groups -OCH3 is 1. The predicted octanol–water partition coefficient (Wildman–Crippen LogP) is 3.30. The van der Waals surface area contributed by atoms with Crippen LogP contribution in [0.1, 0.15) is 23.4 Å². The molecule has 4 aromatic rings. The summed E-state index contributed by atoms with van der Waals surface area (Å²) in [5, 5.41) is 4.29. The molecule has 10 heteroatoms. The average Bonchev–Trinajstić information content (AvgIpc) is 3.31. The number of rotatable bonds is 10. The Labute approximate surface area is 213 Å². The van der Waals surface area contributed by atoms with Gasteiger partial charge in [-0.2, -0.15) is 0 Å². The second-order valence-corrected chi connectivity index (χ2v) is 8.42. The minimum atomic E-state index is -0.655. The monoisotopic (exact) mass is 502 g/mol. The molecule has 10 nitrogen and oxygen atoms in total. The molecular formula is C27H26N4O6. The Morgan fingerprint density at radius 3 is 2.57 bits per heavy atom. The van der Waals surface area contributed by atoms with Crippen LogP contribution >= 0.6 is 0 Å². The highest BCUT2D eigenvalue weighted by molar-refractivity contribution is 5.96. The second kappa shape index (κ2) is 11.1. The molecule has 0 spiro atoms. The SMILES string of the molecule is COc1ccc(CN2C(=O)COc3ccc(-n4nc(CCCOCc5ccccc5)oc4=O)nc32)cc1. The van der Waals surface area contributed by atoms with Crippen LogP contribution in [-0.2, 0) is 29.1 Å². The first-order chi connectivity index (χ1) is 18.1.